The third-order valence-electron chi connectivity index (χ3n) is 5.00. The maximum Gasteiger partial charge on any atom is 0.214 e. The van der Waals surface area contributed by atoms with Crippen molar-refractivity contribution < 1.29 is 8.91 Å². The van der Waals surface area contributed by atoms with Crippen molar-refractivity contribution in [2.45, 2.75) is 18.4 Å². The summed E-state index contributed by atoms with van der Waals surface area (Å²) >= 11 is 1.65. The Kier molecular flexibility index (Phi) is 6.22. The SMILES string of the molecule is Cc1c(-c2cccc(SN(C)C)c2)c2cc(-c3ncon3)ccc2n1C/C(F)=C/CN. The summed E-state index contributed by atoms with van der Waals surface area (Å²) in [6, 6.07) is 14.3. The molecule has 160 valence electrons. The third-order valence-corrected chi connectivity index (χ3v) is 5.83. The van der Waals surface area contributed by atoms with Gasteiger partial charge < -0.3 is 14.8 Å². The molecule has 31 heavy (non-hydrogen) atoms. The van der Waals surface area contributed by atoms with Gasteiger partial charge in [-0.15, -0.1) is 0 Å². The van der Waals surface area contributed by atoms with E-state index < -0.39 is 0 Å². The largest absolute Gasteiger partial charge is 0.342 e. The molecule has 2 aromatic carbocycles. The zero-order chi connectivity index (χ0) is 22.0. The number of rotatable bonds is 7. The lowest BCUT2D eigenvalue weighted by molar-refractivity contribution is 0.419. The normalized spacial score (nSPS) is 12.3. The van der Waals surface area contributed by atoms with Crippen molar-refractivity contribution in [3.8, 4) is 22.5 Å². The van der Waals surface area contributed by atoms with Crippen LogP contribution in [0.25, 0.3) is 33.4 Å². The number of aromatic nitrogens is 3. The van der Waals surface area contributed by atoms with Crippen molar-refractivity contribution >= 4 is 22.9 Å². The third kappa shape index (κ3) is 4.41. The molecule has 0 fully saturated rings. The molecule has 0 spiro atoms. The van der Waals surface area contributed by atoms with Crippen LogP contribution in [0.4, 0.5) is 4.39 Å². The quantitative estimate of drug-likeness (QED) is 0.408. The number of hydrogen-bond acceptors (Lipinski definition) is 6. The minimum absolute atomic E-state index is 0.132. The first-order chi connectivity index (χ1) is 15.0. The monoisotopic (exact) mass is 437 g/mol. The fraction of sp³-hybridized carbons (Fsp3) is 0.217. The molecule has 2 aromatic heterocycles. The Morgan fingerprint density at radius 3 is 2.77 bits per heavy atom. The summed E-state index contributed by atoms with van der Waals surface area (Å²) in [4.78, 5) is 5.30. The van der Waals surface area contributed by atoms with Gasteiger partial charge in [-0.2, -0.15) is 4.98 Å². The van der Waals surface area contributed by atoms with E-state index >= 15 is 0 Å². The Labute approximate surface area is 184 Å². The standard InChI is InChI=1S/C23H24FN5OS/c1-15-22(16-5-4-6-19(11-16)31-28(2)3)20-12-17(23-26-14-30-27-23)7-8-21(20)29(15)13-18(24)9-10-25/h4-9,11-12,14H,10,13,25H2,1-3H3/b18-9-. The first-order valence-corrected chi connectivity index (χ1v) is 10.6. The highest BCUT2D eigenvalue weighted by molar-refractivity contribution is 7.97. The molecule has 0 atom stereocenters. The molecule has 2 N–H and O–H groups in total. The fourth-order valence-corrected chi connectivity index (χ4v) is 4.49. The van der Waals surface area contributed by atoms with Crippen molar-refractivity contribution in [1.82, 2.24) is 19.0 Å². The van der Waals surface area contributed by atoms with Gasteiger partial charge >= 0.3 is 0 Å². The average molecular weight is 438 g/mol. The Balaban J connectivity index is 1.93. The maximum absolute atomic E-state index is 14.4. The van der Waals surface area contributed by atoms with E-state index in [1.165, 1.54) is 12.5 Å². The van der Waals surface area contributed by atoms with E-state index in [0.29, 0.717) is 5.82 Å². The molecule has 2 heterocycles. The Morgan fingerprint density at radius 1 is 1.23 bits per heavy atom. The van der Waals surface area contributed by atoms with Crippen molar-refractivity contribution in [2.24, 2.45) is 5.73 Å². The van der Waals surface area contributed by atoms with Gasteiger partial charge in [0.2, 0.25) is 12.2 Å². The highest BCUT2D eigenvalue weighted by Gasteiger charge is 2.18. The summed E-state index contributed by atoms with van der Waals surface area (Å²) in [5.74, 6) is 0.262. The van der Waals surface area contributed by atoms with Crippen LogP contribution < -0.4 is 5.73 Å². The van der Waals surface area contributed by atoms with Crippen LogP contribution in [-0.2, 0) is 6.54 Å². The average Bonchev–Trinajstić information content (AvgIpc) is 3.35. The number of halogens is 1. The van der Waals surface area contributed by atoms with Gasteiger partial charge in [0, 0.05) is 39.2 Å². The molecule has 0 aliphatic carbocycles. The lowest BCUT2D eigenvalue weighted by Crippen LogP contribution is -2.03. The number of nitrogens with zero attached hydrogens (tertiary/aromatic N) is 4. The van der Waals surface area contributed by atoms with Crippen LogP contribution in [0.15, 0.2) is 70.2 Å². The number of hydrogen-bond donors (Lipinski definition) is 1. The van der Waals surface area contributed by atoms with Gasteiger partial charge in [-0.25, -0.2) is 4.39 Å². The van der Waals surface area contributed by atoms with Gasteiger partial charge in [-0.1, -0.05) is 17.3 Å². The first-order valence-electron chi connectivity index (χ1n) is 9.88. The van der Waals surface area contributed by atoms with Crippen molar-refractivity contribution in [3.05, 3.63) is 66.5 Å². The molecule has 4 aromatic rings. The van der Waals surface area contributed by atoms with Crippen LogP contribution in [0.1, 0.15) is 5.69 Å². The van der Waals surface area contributed by atoms with E-state index in [-0.39, 0.29) is 18.9 Å². The van der Waals surface area contributed by atoms with Gasteiger partial charge in [0.15, 0.2) is 0 Å². The van der Waals surface area contributed by atoms with Crippen molar-refractivity contribution in [1.29, 1.82) is 0 Å². The van der Waals surface area contributed by atoms with E-state index in [1.807, 2.05) is 49.9 Å². The molecular formula is C23H24FN5OS. The van der Waals surface area contributed by atoms with Gasteiger partial charge in [0.05, 0.1) is 6.54 Å². The van der Waals surface area contributed by atoms with Gasteiger partial charge in [0.1, 0.15) is 5.83 Å². The lowest BCUT2D eigenvalue weighted by Gasteiger charge is -2.11. The lowest BCUT2D eigenvalue weighted by atomic mass is 10.0. The molecular weight excluding hydrogens is 413 g/mol. The molecule has 0 radical (unpaired) electrons. The summed E-state index contributed by atoms with van der Waals surface area (Å²) in [6.07, 6.45) is 2.72. The number of nitrogens with two attached hydrogens (primary N) is 1. The molecule has 4 rings (SSSR count). The van der Waals surface area contributed by atoms with E-state index in [0.717, 1.165) is 38.2 Å². The predicted octanol–water partition coefficient (Wildman–Crippen LogP) is 5.05. The van der Waals surface area contributed by atoms with E-state index in [1.54, 1.807) is 11.9 Å². The number of allylic oxidation sites excluding steroid dienone is 1. The van der Waals surface area contributed by atoms with Crippen LogP contribution in [0.3, 0.4) is 0 Å². The van der Waals surface area contributed by atoms with E-state index in [9.17, 15) is 4.39 Å². The Morgan fingerprint density at radius 2 is 2.06 bits per heavy atom. The topological polar surface area (TPSA) is 73.1 Å². The van der Waals surface area contributed by atoms with E-state index in [4.69, 9.17) is 10.3 Å². The van der Waals surface area contributed by atoms with Crippen LogP contribution in [0, 0.1) is 6.92 Å². The molecule has 0 saturated carbocycles. The summed E-state index contributed by atoms with van der Waals surface area (Å²) in [5.41, 5.74) is 10.4. The smallest absolute Gasteiger partial charge is 0.214 e. The number of fused-ring (bicyclic) bond motifs is 1. The predicted molar refractivity (Wildman–Crippen MR) is 123 cm³/mol. The van der Waals surface area contributed by atoms with Gasteiger partial charge in [-0.3, -0.25) is 4.31 Å². The molecule has 6 nitrogen and oxygen atoms in total. The van der Waals surface area contributed by atoms with E-state index in [2.05, 4.69) is 32.6 Å². The maximum atomic E-state index is 14.4. The zero-order valence-corrected chi connectivity index (χ0v) is 18.5. The van der Waals surface area contributed by atoms with Crippen LogP contribution in [0.2, 0.25) is 0 Å². The zero-order valence-electron chi connectivity index (χ0n) is 17.7. The summed E-state index contributed by atoms with van der Waals surface area (Å²) < 4.78 is 23.4. The van der Waals surface area contributed by atoms with Crippen molar-refractivity contribution in [2.75, 3.05) is 20.6 Å². The minimum atomic E-state index is -0.256. The van der Waals surface area contributed by atoms with Crippen LogP contribution in [-0.4, -0.2) is 39.7 Å². The second kappa shape index (κ2) is 9.05. The second-order valence-corrected chi connectivity index (χ2v) is 8.74. The molecule has 0 saturated heterocycles. The van der Waals surface area contributed by atoms with Gasteiger partial charge in [-0.05, 0) is 74.9 Å². The molecule has 8 heteroatoms. The summed E-state index contributed by atoms with van der Waals surface area (Å²) in [6.45, 7) is 2.32. The second-order valence-electron chi connectivity index (χ2n) is 7.35. The molecule has 0 bridgehead atoms. The molecule has 0 amide bonds. The highest BCUT2D eigenvalue weighted by Crippen LogP contribution is 2.38. The fourth-order valence-electron chi connectivity index (χ4n) is 3.75. The minimum Gasteiger partial charge on any atom is -0.342 e. The Hall–Kier alpha value is -2.94. The van der Waals surface area contributed by atoms with Crippen LogP contribution >= 0.6 is 11.9 Å². The van der Waals surface area contributed by atoms with Gasteiger partial charge in [0.25, 0.3) is 0 Å². The number of benzene rings is 2. The summed E-state index contributed by atoms with van der Waals surface area (Å²) in [7, 11) is 4.02. The molecule has 0 unspecified atom stereocenters. The first kappa shape index (κ1) is 21.3. The molecule has 0 aliphatic rings. The van der Waals surface area contributed by atoms with Crippen LogP contribution in [0.5, 0.6) is 0 Å². The highest BCUT2D eigenvalue weighted by atomic mass is 32.2. The molecule has 0 aliphatic heterocycles. The summed E-state index contributed by atoms with van der Waals surface area (Å²) in [5, 5.41) is 4.97. The van der Waals surface area contributed by atoms with Crippen molar-refractivity contribution in [3.63, 3.8) is 0 Å². The Bertz CT molecular complexity index is 1230.